The van der Waals surface area contributed by atoms with E-state index in [1.54, 1.807) is 0 Å². The van der Waals surface area contributed by atoms with E-state index in [0.29, 0.717) is 12.0 Å². The highest BCUT2D eigenvalue weighted by Gasteiger charge is 2.60. The molecule has 0 amide bonds. The van der Waals surface area contributed by atoms with Crippen LogP contribution in [0.4, 0.5) is 5.69 Å². The van der Waals surface area contributed by atoms with E-state index in [1.807, 2.05) is 6.08 Å². The van der Waals surface area contributed by atoms with Gasteiger partial charge in [-0.1, -0.05) is 6.08 Å². The Kier molecular flexibility index (Phi) is 4.28. The first-order chi connectivity index (χ1) is 12.5. The Balaban J connectivity index is 2.22. The summed E-state index contributed by atoms with van der Waals surface area (Å²) in [4.78, 5) is 10.4. The topological polar surface area (TPSA) is 140 Å². The maximum absolute atomic E-state index is 10.9. The van der Waals surface area contributed by atoms with E-state index in [1.165, 1.54) is 24.3 Å². The van der Waals surface area contributed by atoms with Gasteiger partial charge in [0.15, 0.2) is 11.1 Å². The van der Waals surface area contributed by atoms with Crippen molar-refractivity contribution in [2.45, 2.75) is 24.7 Å². The van der Waals surface area contributed by atoms with Gasteiger partial charge in [-0.05, 0) is 48.4 Å². The van der Waals surface area contributed by atoms with Crippen molar-refractivity contribution >= 4 is 11.4 Å². The summed E-state index contributed by atoms with van der Waals surface area (Å²) in [5.74, 6) is -1.70. The largest absolute Gasteiger partial charge is 0.269 e. The van der Waals surface area contributed by atoms with Crippen LogP contribution >= 0.6 is 0 Å². The Morgan fingerprint density at radius 1 is 1.19 bits per heavy atom. The molecule has 0 saturated heterocycles. The zero-order valence-corrected chi connectivity index (χ0v) is 13.9. The van der Waals surface area contributed by atoms with Crippen molar-refractivity contribution in [1.29, 1.82) is 15.8 Å². The van der Waals surface area contributed by atoms with Gasteiger partial charge in [0.05, 0.1) is 29.0 Å². The fourth-order valence-corrected chi connectivity index (χ4v) is 4.23. The van der Waals surface area contributed by atoms with Crippen LogP contribution in [0.5, 0.6) is 0 Å². The first kappa shape index (κ1) is 17.3. The van der Waals surface area contributed by atoms with Gasteiger partial charge < -0.3 is 0 Å². The first-order valence-electron chi connectivity index (χ1n) is 8.29. The quantitative estimate of drug-likeness (QED) is 0.491. The first-order valence-corrected chi connectivity index (χ1v) is 8.29. The smallest absolute Gasteiger partial charge is 0.258 e. The molecule has 0 bridgehead atoms. The summed E-state index contributed by atoms with van der Waals surface area (Å²) >= 11 is 0. The Labute approximate surface area is 150 Å². The summed E-state index contributed by atoms with van der Waals surface area (Å²) in [6, 6.07) is 12.1. The van der Waals surface area contributed by atoms with Crippen LogP contribution in [-0.4, -0.2) is 10.6 Å². The van der Waals surface area contributed by atoms with Crippen LogP contribution in [0.1, 0.15) is 24.8 Å². The number of rotatable bonds is 2. The molecular formula is C19H16N5O2+. The maximum atomic E-state index is 10.9. The Morgan fingerprint density at radius 2 is 1.88 bits per heavy atom. The molecule has 2 N–H and O–H groups in total. The van der Waals surface area contributed by atoms with Crippen LogP contribution in [0.2, 0.25) is 0 Å². The van der Waals surface area contributed by atoms with Crippen LogP contribution in [0, 0.1) is 61.9 Å². The summed E-state index contributed by atoms with van der Waals surface area (Å²) in [6.07, 6.45) is 4.39. The number of fused-ring (bicyclic) bond motifs is 1. The Bertz CT molecular complexity index is 929. The number of nitro groups is 1. The number of hydrogen-bond acceptors (Lipinski definition) is 5. The van der Waals surface area contributed by atoms with Gasteiger partial charge in [0, 0.05) is 12.1 Å². The molecule has 1 aromatic carbocycles. The number of nitriles is 3. The molecule has 2 aliphatic carbocycles. The molecule has 1 aromatic rings. The van der Waals surface area contributed by atoms with Crippen LogP contribution in [0.15, 0.2) is 35.9 Å². The third kappa shape index (κ3) is 2.28. The molecule has 0 heterocycles. The lowest BCUT2D eigenvalue weighted by Crippen LogP contribution is -2.64. The van der Waals surface area contributed by atoms with E-state index in [-0.39, 0.29) is 17.3 Å². The monoisotopic (exact) mass is 346 g/mol. The molecule has 0 aromatic heterocycles. The molecule has 1 saturated carbocycles. The normalized spacial score (nSPS) is 30.1. The lowest BCUT2D eigenvalue weighted by molar-refractivity contribution is -0.384. The number of nitrogens with two attached hydrogens (primary N) is 1. The molecule has 7 heteroatoms. The zero-order valence-electron chi connectivity index (χ0n) is 13.9. The lowest BCUT2D eigenvalue weighted by atomic mass is 9.52. The fraction of sp³-hybridized carbons (Fsp3) is 0.368. The summed E-state index contributed by atoms with van der Waals surface area (Å²) in [6.45, 7) is 0. The van der Waals surface area contributed by atoms with E-state index in [4.69, 9.17) is 5.41 Å². The molecule has 4 atom stereocenters. The van der Waals surface area contributed by atoms with Gasteiger partial charge in [0.25, 0.3) is 5.69 Å². The number of benzene rings is 1. The van der Waals surface area contributed by atoms with Crippen molar-refractivity contribution in [2.75, 3.05) is 0 Å². The number of non-ortho nitro benzene ring substituents is 1. The minimum atomic E-state index is -1.47. The molecule has 0 radical (unpaired) electrons. The average Bonchev–Trinajstić information content (AvgIpc) is 2.67. The van der Waals surface area contributed by atoms with E-state index in [2.05, 4.69) is 18.2 Å². The van der Waals surface area contributed by atoms with Crippen molar-refractivity contribution < 1.29 is 10.3 Å². The van der Waals surface area contributed by atoms with E-state index in [0.717, 1.165) is 18.4 Å². The highest BCUT2D eigenvalue weighted by molar-refractivity contribution is 6.00. The molecular weight excluding hydrogens is 330 g/mol. The average molecular weight is 346 g/mol. The highest BCUT2D eigenvalue weighted by Crippen LogP contribution is 2.51. The minimum Gasteiger partial charge on any atom is -0.258 e. The molecule has 0 aliphatic heterocycles. The van der Waals surface area contributed by atoms with E-state index in [9.17, 15) is 25.9 Å². The third-order valence-electron chi connectivity index (χ3n) is 5.47. The van der Waals surface area contributed by atoms with Crippen molar-refractivity contribution in [1.82, 2.24) is 0 Å². The number of hydrogen-bond donors (Lipinski definition) is 1. The second-order valence-corrected chi connectivity index (χ2v) is 6.59. The van der Waals surface area contributed by atoms with Crippen molar-refractivity contribution in [2.24, 2.45) is 17.8 Å². The standard InChI is InChI=1S/C19H15N5O2/c20-9-16-14-3-1-2-4-15(14)17(10-21)19(11-22,18(16)23)12-5-7-13(8-6-12)24(25)26/h3,5-8,15-17,23H,1-2,4H2/p+1/t15-,16+,17-,19+/m1/s1. The number of nitro benzene ring substituents is 1. The van der Waals surface area contributed by atoms with Gasteiger partial charge in [0.1, 0.15) is 5.92 Å². The van der Waals surface area contributed by atoms with Crippen LogP contribution in [0.25, 0.3) is 0 Å². The molecule has 26 heavy (non-hydrogen) atoms. The summed E-state index contributed by atoms with van der Waals surface area (Å²) in [5.41, 5.74) is -0.203. The van der Waals surface area contributed by atoms with Gasteiger partial charge in [-0.15, -0.1) is 0 Å². The van der Waals surface area contributed by atoms with Gasteiger partial charge >= 0.3 is 0 Å². The predicted molar refractivity (Wildman–Crippen MR) is 90.9 cm³/mol. The van der Waals surface area contributed by atoms with Gasteiger partial charge in [-0.25, -0.2) is 0 Å². The second kappa shape index (κ2) is 6.43. The number of allylic oxidation sites excluding steroid dienone is 2. The van der Waals surface area contributed by atoms with Crippen molar-refractivity contribution in [3.63, 3.8) is 0 Å². The summed E-state index contributed by atoms with van der Waals surface area (Å²) < 4.78 is 0. The zero-order chi connectivity index (χ0) is 18.9. The second-order valence-electron chi connectivity index (χ2n) is 6.59. The van der Waals surface area contributed by atoms with Gasteiger partial charge in [-0.3, -0.25) is 15.5 Å². The fourth-order valence-electron chi connectivity index (χ4n) is 4.23. The molecule has 7 nitrogen and oxygen atoms in total. The van der Waals surface area contributed by atoms with Crippen LogP contribution in [-0.2, 0) is 5.41 Å². The van der Waals surface area contributed by atoms with Crippen molar-refractivity contribution in [3.05, 3.63) is 51.6 Å². The molecule has 0 spiro atoms. The predicted octanol–water partition coefficient (Wildman–Crippen LogP) is 1.58. The highest BCUT2D eigenvalue weighted by atomic mass is 16.6. The lowest BCUT2D eigenvalue weighted by Gasteiger charge is -2.43. The van der Waals surface area contributed by atoms with Gasteiger partial charge in [-0.2, -0.15) is 15.8 Å². The molecule has 128 valence electrons. The van der Waals surface area contributed by atoms with Crippen LogP contribution < -0.4 is 5.41 Å². The number of nitrogens with zero attached hydrogens (tertiary/aromatic N) is 4. The van der Waals surface area contributed by atoms with E-state index < -0.39 is 22.2 Å². The van der Waals surface area contributed by atoms with E-state index >= 15 is 0 Å². The summed E-state index contributed by atoms with van der Waals surface area (Å²) in [5, 5.41) is 46.9. The molecule has 1 fully saturated rings. The Hall–Kier alpha value is -3.50. The van der Waals surface area contributed by atoms with Crippen molar-refractivity contribution in [3.8, 4) is 18.2 Å². The molecule has 3 rings (SSSR count). The Morgan fingerprint density at radius 3 is 2.42 bits per heavy atom. The third-order valence-corrected chi connectivity index (χ3v) is 5.47. The minimum absolute atomic E-state index is 0.111. The SMILES string of the molecule is N#C[C@@H]1C(=[NH2+])[C@@](C#N)(c2ccc([N+](=O)[O-])cc2)[C@H](C#N)[C@@H]2CCCC=C12. The van der Waals surface area contributed by atoms with Gasteiger partial charge in [0.2, 0.25) is 0 Å². The summed E-state index contributed by atoms with van der Waals surface area (Å²) in [7, 11) is 0. The molecule has 2 aliphatic rings. The maximum Gasteiger partial charge on any atom is 0.269 e. The molecule has 0 unspecified atom stereocenters. The van der Waals surface area contributed by atoms with Crippen LogP contribution in [0.3, 0.4) is 0 Å².